The number of halogens is 1. The highest BCUT2D eigenvalue weighted by molar-refractivity contribution is 5.80. The Morgan fingerprint density at radius 2 is 2.19 bits per heavy atom. The standard InChI is InChI=1S/C20H26FN5/c1-15-23-9-11-26(15)18-5-4-16(12-17(18)21)13-24-19(22-2)25-10-8-20(14-25)6-3-7-20/h4-5,9,11-12H,3,6-8,10,13-14H2,1-2H3,(H,22,24). The zero-order valence-electron chi connectivity index (χ0n) is 15.5. The van der Waals surface area contributed by atoms with E-state index in [2.05, 4.69) is 20.2 Å². The molecular formula is C20H26FN5. The van der Waals surface area contributed by atoms with Gasteiger partial charge in [-0.15, -0.1) is 0 Å². The van der Waals surface area contributed by atoms with Gasteiger partial charge in [-0.25, -0.2) is 9.37 Å². The van der Waals surface area contributed by atoms with E-state index in [9.17, 15) is 4.39 Å². The first-order chi connectivity index (χ1) is 12.6. The van der Waals surface area contributed by atoms with Gasteiger partial charge < -0.3 is 14.8 Å². The summed E-state index contributed by atoms with van der Waals surface area (Å²) in [6.07, 6.45) is 8.78. The molecule has 2 heterocycles. The summed E-state index contributed by atoms with van der Waals surface area (Å²) in [5.41, 5.74) is 1.97. The molecule has 0 unspecified atom stereocenters. The number of nitrogens with zero attached hydrogens (tertiary/aromatic N) is 4. The van der Waals surface area contributed by atoms with Crippen molar-refractivity contribution in [2.75, 3.05) is 20.1 Å². The highest BCUT2D eigenvalue weighted by atomic mass is 19.1. The number of guanidine groups is 1. The third-order valence-electron chi connectivity index (χ3n) is 5.91. The number of hydrogen-bond donors (Lipinski definition) is 1. The smallest absolute Gasteiger partial charge is 0.193 e. The molecule has 138 valence electrons. The molecule has 1 aliphatic carbocycles. The van der Waals surface area contributed by atoms with Gasteiger partial charge >= 0.3 is 0 Å². The van der Waals surface area contributed by atoms with Crippen LogP contribution in [0.4, 0.5) is 4.39 Å². The SMILES string of the molecule is CN=C(NCc1ccc(-n2ccnc2C)c(F)c1)N1CCC2(CCC2)C1. The fourth-order valence-electron chi connectivity index (χ4n) is 4.20. The number of imidazole rings is 1. The van der Waals surface area contributed by atoms with Crippen molar-refractivity contribution in [1.82, 2.24) is 19.8 Å². The molecule has 2 fully saturated rings. The van der Waals surface area contributed by atoms with Crippen molar-refractivity contribution in [3.05, 3.63) is 47.8 Å². The topological polar surface area (TPSA) is 45.5 Å². The first-order valence-corrected chi connectivity index (χ1v) is 9.35. The van der Waals surface area contributed by atoms with Crippen molar-refractivity contribution in [2.24, 2.45) is 10.4 Å². The second-order valence-electron chi connectivity index (χ2n) is 7.56. The highest BCUT2D eigenvalue weighted by Gasteiger charge is 2.43. The maximum atomic E-state index is 14.5. The van der Waals surface area contributed by atoms with Crippen molar-refractivity contribution >= 4 is 5.96 Å². The molecule has 0 atom stereocenters. The Morgan fingerprint density at radius 3 is 2.77 bits per heavy atom. The molecule has 1 aromatic carbocycles. The molecule has 1 saturated carbocycles. The lowest BCUT2D eigenvalue weighted by Crippen LogP contribution is -2.42. The largest absolute Gasteiger partial charge is 0.352 e. The second-order valence-corrected chi connectivity index (χ2v) is 7.56. The van der Waals surface area contributed by atoms with Crippen molar-refractivity contribution in [2.45, 2.75) is 39.2 Å². The Morgan fingerprint density at radius 1 is 1.35 bits per heavy atom. The summed E-state index contributed by atoms with van der Waals surface area (Å²) in [4.78, 5) is 10.9. The van der Waals surface area contributed by atoms with E-state index in [4.69, 9.17) is 0 Å². The van der Waals surface area contributed by atoms with E-state index < -0.39 is 0 Å². The third-order valence-corrected chi connectivity index (χ3v) is 5.91. The summed E-state index contributed by atoms with van der Waals surface area (Å²) in [6.45, 7) is 4.59. The zero-order valence-corrected chi connectivity index (χ0v) is 15.5. The van der Waals surface area contributed by atoms with Crippen LogP contribution in [-0.4, -0.2) is 40.5 Å². The normalized spacial score (nSPS) is 19.0. The maximum Gasteiger partial charge on any atom is 0.193 e. The molecule has 2 aromatic rings. The van der Waals surface area contributed by atoms with E-state index >= 15 is 0 Å². The molecular weight excluding hydrogens is 329 g/mol. The summed E-state index contributed by atoms with van der Waals surface area (Å²) in [7, 11) is 1.82. The van der Waals surface area contributed by atoms with Crippen LogP contribution in [-0.2, 0) is 6.54 Å². The minimum Gasteiger partial charge on any atom is -0.352 e. The predicted molar refractivity (Wildman–Crippen MR) is 101 cm³/mol. The first kappa shape index (κ1) is 17.1. The number of hydrogen-bond acceptors (Lipinski definition) is 2. The van der Waals surface area contributed by atoms with E-state index in [0.717, 1.165) is 30.4 Å². The predicted octanol–water partition coefficient (Wildman–Crippen LogP) is 3.27. The van der Waals surface area contributed by atoms with Gasteiger partial charge in [-0.3, -0.25) is 4.99 Å². The van der Waals surface area contributed by atoms with Crippen LogP contribution in [0, 0.1) is 18.2 Å². The Kier molecular flexibility index (Phi) is 4.42. The number of rotatable bonds is 3. The molecule has 1 aliphatic heterocycles. The maximum absolute atomic E-state index is 14.5. The van der Waals surface area contributed by atoms with Gasteiger partial charge in [0.05, 0.1) is 5.69 Å². The summed E-state index contributed by atoms with van der Waals surface area (Å²) in [5.74, 6) is 1.45. The van der Waals surface area contributed by atoms with Crippen LogP contribution in [0.15, 0.2) is 35.6 Å². The average molecular weight is 355 g/mol. The molecule has 1 aromatic heterocycles. The van der Waals surface area contributed by atoms with E-state index in [-0.39, 0.29) is 5.82 Å². The van der Waals surface area contributed by atoms with Crippen LogP contribution in [0.2, 0.25) is 0 Å². The number of aryl methyl sites for hydroxylation is 1. The molecule has 1 saturated heterocycles. The van der Waals surface area contributed by atoms with Crippen LogP contribution in [0.25, 0.3) is 5.69 Å². The van der Waals surface area contributed by atoms with Crippen LogP contribution in [0.3, 0.4) is 0 Å². The molecule has 4 rings (SSSR count). The Bertz CT molecular complexity index is 821. The van der Waals surface area contributed by atoms with Gasteiger partial charge in [0.2, 0.25) is 0 Å². The zero-order chi connectivity index (χ0) is 18.1. The summed E-state index contributed by atoms with van der Waals surface area (Å²) < 4.78 is 16.3. The van der Waals surface area contributed by atoms with Gasteiger partial charge in [-0.1, -0.05) is 12.5 Å². The third kappa shape index (κ3) is 3.08. The number of aromatic nitrogens is 2. The minimum atomic E-state index is -0.241. The van der Waals surface area contributed by atoms with Crippen LogP contribution in [0.5, 0.6) is 0 Å². The summed E-state index contributed by atoms with van der Waals surface area (Å²) in [5, 5.41) is 3.40. The van der Waals surface area contributed by atoms with Gasteiger partial charge in [-0.2, -0.15) is 0 Å². The molecule has 26 heavy (non-hydrogen) atoms. The molecule has 6 heteroatoms. The van der Waals surface area contributed by atoms with E-state index in [1.165, 1.54) is 25.7 Å². The summed E-state index contributed by atoms with van der Waals surface area (Å²) in [6, 6.07) is 5.35. The second kappa shape index (κ2) is 6.74. The lowest BCUT2D eigenvalue weighted by atomic mass is 9.68. The average Bonchev–Trinajstić information content (AvgIpc) is 3.22. The lowest BCUT2D eigenvalue weighted by molar-refractivity contribution is 0.151. The van der Waals surface area contributed by atoms with E-state index in [1.54, 1.807) is 23.0 Å². The molecule has 0 amide bonds. The van der Waals surface area contributed by atoms with Crippen LogP contribution >= 0.6 is 0 Å². The summed E-state index contributed by atoms with van der Waals surface area (Å²) >= 11 is 0. The van der Waals surface area contributed by atoms with Crippen LogP contribution in [0.1, 0.15) is 37.1 Å². The van der Waals surface area contributed by atoms with Crippen molar-refractivity contribution < 1.29 is 4.39 Å². The molecule has 0 bridgehead atoms. The first-order valence-electron chi connectivity index (χ1n) is 9.35. The molecule has 2 aliphatic rings. The number of likely N-dealkylation sites (tertiary alicyclic amines) is 1. The fourth-order valence-corrected chi connectivity index (χ4v) is 4.20. The van der Waals surface area contributed by atoms with Gasteiger partial charge in [0.25, 0.3) is 0 Å². The van der Waals surface area contributed by atoms with Gasteiger partial charge in [-0.05, 0) is 49.3 Å². The van der Waals surface area contributed by atoms with Crippen LogP contribution < -0.4 is 5.32 Å². The Balaban J connectivity index is 1.41. The monoisotopic (exact) mass is 355 g/mol. The molecule has 0 radical (unpaired) electrons. The molecule has 5 nitrogen and oxygen atoms in total. The van der Waals surface area contributed by atoms with E-state index in [0.29, 0.717) is 17.6 Å². The minimum absolute atomic E-state index is 0.241. The van der Waals surface area contributed by atoms with Gasteiger partial charge in [0.1, 0.15) is 11.6 Å². The lowest BCUT2D eigenvalue weighted by Gasteiger charge is -2.38. The van der Waals surface area contributed by atoms with Gasteiger partial charge in [0.15, 0.2) is 5.96 Å². The molecule has 1 N–H and O–H groups in total. The Labute approximate surface area is 154 Å². The van der Waals surface area contributed by atoms with Gasteiger partial charge in [0, 0.05) is 39.1 Å². The molecule has 1 spiro atoms. The van der Waals surface area contributed by atoms with E-state index in [1.807, 2.05) is 26.1 Å². The van der Waals surface area contributed by atoms with Crippen molar-refractivity contribution in [1.29, 1.82) is 0 Å². The number of aliphatic imine (C=N–C) groups is 1. The Hall–Kier alpha value is -2.37. The quantitative estimate of drug-likeness (QED) is 0.679. The number of nitrogens with one attached hydrogen (secondary N) is 1. The van der Waals surface area contributed by atoms with Crippen molar-refractivity contribution in [3.63, 3.8) is 0 Å². The number of benzene rings is 1. The van der Waals surface area contributed by atoms with Crippen molar-refractivity contribution in [3.8, 4) is 5.69 Å². The highest BCUT2D eigenvalue weighted by Crippen LogP contribution is 2.47. The fraction of sp³-hybridized carbons (Fsp3) is 0.500.